The average Bonchev–Trinajstić information content (AvgIpc) is 2.21. The van der Waals surface area contributed by atoms with Gasteiger partial charge in [-0.25, -0.2) is 13.1 Å². The number of unbranched alkanes of at least 4 members (excludes halogenated alkanes) is 1. The number of sulfonamides is 1. The van der Waals surface area contributed by atoms with E-state index in [1.54, 1.807) is 0 Å². The summed E-state index contributed by atoms with van der Waals surface area (Å²) in [5, 5.41) is 3.26. The SMILES string of the molecule is [N-]=[N+]=NCCCCNS(=O)(=O)CCCC(F)(F)F. The number of alkyl halides is 3. The van der Waals surface area contributed by atoms with Gasteiger partial charge in [-0.1, -0.05) is 5.11 Å². The van der Waals surface area contributed by atoms with Crippen molar-refractivity contribution in [2.24, 2.45) is 5.11 Å². The van der Waals surface area contributed by atoms with Crippen molar-refractivity contribution in [1.82, 2.24) is 4.72 Å². The Bertz CT molecular complexity index is 376. The number of hydrogen-bond donors (Lipinski definition) is 1. The van der Waals surface area contributed by atoms with Gasteiger partial charge in [-0.2, -0.15) is 13.2 Å². The maximum Gasteiger partial charge on any atom is 0.389 e. The van der Waals surface area contributed by atoms with Crippen LogP contribution in [0.15, 0.2) is 5.11 Å². The van der Waals surface area contributed by atoms with Crippen molar-refractivity contribution in [2.45, 2.75) is 31.9 Å². The molecule has 6 nitrogen and oxygen atoms in total. The van der Waals surface area contributed by atoms with Crippen LogP contribution in [0.4, 0.5) is 13.2 Å². The summed E-state index contributed by atoms with van der Waals surface area (Å²) in [7, 11) is -3.65. The molecule has 0 atom stereocenters. The normalized spacial score (nSPS) is 12.2. The van der Waals surface area contributed by atoms with Crippen LogP contribution >= 0.6 is 0 Å². The van der Waals surface area contributed by atoms with Crippen molar-refractivity contribution >= 4 is 10.0 Å². The van der Waals surface area contributed by atoms with Crippen molar-refractivity contribution in [3.63, 3.8) is 0 Å². The van der Waals surface area contributed by atoms with Gasteiger partial charge >= 0.3 is 6.18 Å². The van der Waals surface area contributed by atoms with Crippen LogP contribution in [-0.4, -0.2) is 33.4 Å². The highest BCUT2D eigenvalue weighted by molar-refractivity contribution is 7.89. The highest BCUT2D eigenvalue weighted by Crippen LogP contribution is 2.21. The van der Waals surface area contributed by atoms with E-state index in [-0.39, 0.29) is 13.1 Å². The Kier molecular flexibility index (Phi) is 7.72. The van der Waals surface area contributed by atoms with Crippen LogP contribution < -0.4 is 4.72 Å². The molecule has 0 saturated heterocycles. The van der Waals surface area contributed by atoms with E-state index in [1.165, 1.54) is 0 Å². The van der Waals surface area contributed by atoms with E-state index in [1.807, 2.05) is 0 Å². The molecule has 0 rings (SSSR count). The summed E-state index contributed by atoms with van der Waals surface area (Å²) < 4.78 is 60.1. The van der Waals surface area contributed by atoms with Crippen molar-refractivity contribution in [3.05, 3.63) is 10.4 Å². The third kappa shape index (κ3) is 11.5. The molecule has 0 unspecified atom stereocenters. The lowest BCUT2D eigenvalue weighted by molar-refractivity contribution is -0.134. The van der Waals surface area contributed by atoms with Crippen LogP contribution in [0.3, 0.4) is 0 Å². The van der Waals surface area contributed by atoms with Gasteiger partial charge in [0.2, 0.25) is 10.0 Å². The standard InChI is InChI=1S/C8H15F3N4O2S/c9-8(10,11)4-3-7-18(16,17)14-6-2-1-5-13-15-12/h14H,1-7H2. The Hall–Kier alpha value is -0.990. The Labute approximate surface area is 103 Å². The van der Waals surface area contributed by atoms with E-state index in [0.29, 0.717) is 12.8 Å². The maximum atomic E-state index is 11.8. The second kappa shape index (κ2) is 8.17. The van der Waals surface area contributed by atoms with Crippen molar-refractivity contribution in [3.8, 4) is 0 Å². The first-order valence-corrected chi connectivity index (χ1v) is 6.97. The molecule has 1 N–H and O–H groups in total. The average molecular weight is 288 g/mol. The molecule has 18 heavy (non-hydrogen) atoms. The third-order valence-electron chi connectivity index (χ3n) is 1.94. The molecular weight excluding hydrogens is 273 g/mol. The lowest BCUT2D eigenvalue weighted by atomic mass is 10.3. The van der Waals surface area contributed by atoms with Gasteiger partial charge in [-0.05, 0) is 24.8 Å². The summed E-state index contributed by atoms with van der Waals surface area (Å²) in [6, 6.07) is 0. The Morgan fingerprint density at radius 3 is 2.44 bits per heavy atom. The van der Waals surface area contributed by atoms with Gasteiger partial charge < -0.3 is 0 Å². The largest absolute Gasteiger partial charge is 0.389 e. The molecule has 0 aliphatic heterocycles. The smallest absolute Gasteiger partial charge is 0.215 e. The molecule has 10 heteroatoms. The van der Waals surface area contributed by atoms with Crippen LogP contribution in [0.2, 0.25) is 0 Å². The topological polar surface area (TPSA) is 94.9 Å². The molecule has 0 saturated carbocycles. The van der Waals surface area contributed by atoms with Crippen molar-refractivity contribution in [2.75, 3.05) is 18.8 Å². The second-order valence-corrected chi connectivity index (χ2v) is 5.52. The minimum Gasteiger partial charge on any atom is -0.215 e. The summed E-state index contributed by atoms with van der Waals surface area (Å²) in [5.41, 5.74) is 7.97. The molecule has 0 aliphatic rings. The first kappa shape index (κ1) is 17.0. The van der Waals surface area contributed by atoms with Crippen LogP contribution in [0.25, 0.3) is 10.4 Å². The lowest BCUT2D eigenvalue weighted by Gasteiger charge is -2.07. The molecule has 0 heterocycles. The fraction of sp³-hybridized carbons (Fsp3) is 1.00. The summed E-state index contributed by atoms with van der Waals surface area (Å²) in [6.07, 6.45) is -4.89. The Balaban J connectivity index is 3.71. The Morgan fingerprint density at radius 1 is 1.22 bits per heavy atom. The van der Waals surface area contributed by atoms with Gasteiger partial charge in [-0.3, -0.25) is 0 Å². The predicted octanol–water partition coefficient (Wildman–Crippen LogP) is 2.34. The van der Waals surface area contributed by atoms with Gasteiger partial charge in [0.15, 0.2) is 0 Å². The molecule has 0 spiro atoms. The van der Waals surface area contributed by atoms with Gasteiger partial charge in [0, 0.05) is 24.4 Å². The highest BCUT2D eigenvalue weighted by Gasteiger charge is 2.27. The molecule has 0 fully saturated rings. The van der Waals surface area contributed by atoms with E-state index in [4.69, 9.17) is 5.53 Å². The van der Waals surface area contributed by atoms with Gasteiger partial charge in [-0.15, -0.1) is 0 Å². The summed E-state index contributed by atoms with van der Waals surface area (Å²) in [5.74, 6) is -0.539. The van der Waals surface area contributed by atoms with Crippen LogP contribution in [0.1, 0.15) is 25.7 Å². The maximum absolute atomic E-state index is 11.8. The number of nitrogens with zero attached hydrogens (tertiary/aromatic N) is 3. The monoisotopic (exact) mass is 288 g/mol. The quantitative estimate of drug-likeness (QED) is 0.305. The molecule has 0 aromatic rings. The summed E-state index contributed by atoms with van der Waals surface area (Å²) >= 11 is 0. The molecule has 0 aromatic carbocycles. The minimum absolute atomic E-state index is 0.134. The zero-order valence-corrected chi connectivity index (χ0v) is 10.5. The molecule has 0 bridgehead atoms. The lowest BCUT2D eigenvalue weighted by Crippen LogP contribution is -2.28. The van der Waals surface area contributed by atoms with Gasteiger partial charge in [0.05, 0.1) is 5.75 Å². The van der Waals surface area contributed by atoms with Crippen molar-refractivity contribution in [1.29, 1.82) is 0 Å². The molecule has 0 amide bonds. The van der Waals surface area contributed by atoms with Crippen LogP contribution in [-0.2, 0) is 10.0 Å². The van der Waals surface area contributed by atoms with E-state index in [2.05, 4.69) is 14.7 Å². The molecular formula is C8H15F3N4O2S. The number of rotatable bonds is 9. The number of halogens is 3. The summed E-state index contributed by atoms with van der Waals surface area (Å²) in [4.78, 5) is 2.53. The second-order valence-electron chi connectivity index (χ2n) is 3.59. The Morgan fingerprint density at radius 2 is 1.89 bits per heavy atom. The fourth-order valence-electron chi connectivity index (χ4n) is 1.11. The molecule has 0 aliphatic carbocycles. The third-order valence-corrected chi connectivity index (χ3v) is 3.41. The molecule has 0 radical (unpaired) electrons. The first-order valence-electron chi connectivity index (χ1n) is 5.32. The van der Waals surface area contributed by atoms with E-state index < -0.39 is 34.8 Å². The van der Waals surface area contributed by atoms with Gasteiger partial charge in [0.1, 0.15) is 0 Å². The highest BCUT2D eigenvalue weighted by atomic mass is 32.2. The number of hydrogen-bond acceptors (Lipinski definition) is 3. The predicted molar refractivity (Wildman–Crippen MR) is 60.3 cm³/mol. The molecule has 106 valence electrons. The number of azide groups is 1. The van der Waals surface area contributed by atoms with Crippen LogP contribution in [0.5, 0.6) is 0 Å². The van der Waals surface area contributed by atoms with E-state index in [0.717, 1.165) is 0 Å². The van der Waals surface area contributed by atoms with Crippen molar-refractivity contribution < 1.29 is 21.6 Å². The zero-order valence-electron chi connectivity index (χ0n) is 9.65. The zero-order chi connectivity index (χ0) is 14.1. The number of nitrogens with one attached hydrogen (secondary N) is 1. The van der Waals surface area contributed by atoms with Crippen LogP contribution in [0, 0.1) is 0 Å². The van der Waals surface area contributed by atoms with Gasteiger partial charge in [0.25, 0.3) is 0 Å². The fourth-order valence-corrected chi connectivity index (χ4v) is 2.24. The minimum atomic E-state index is -4.33. The summed E-state index contributed by atoms with van der Waals surface area (Å²) in [6.45, 7) is 0.404. The van der Waals surface area contributed by atoms with E-state index in [9.17, 15) is 21.6 Å². The molecule has 0 aromatic heterocycles. The first-order chi connectivity index (χ1) is 8.27. The van der Waals surface area contributed by atoms with E-state index >= 15 is 0 Å².